The van der Waals surface area contributed by atoms with Crippen LogP contribution in [0.3, 0.4) is 0 Å². The average molecular weight is 238 g/mol. The highest BCUT2D eigenvalue weighted by Gasteiger charge is 2.30. The van der Waals surface area contributed by atoms with E-state index in [-0.39, 0.29) is 5.54 Å². The zero-order chi connectivity index (χ0) is 12.6. The van der Waals surface area contributed by atoms with Gasteiger partial charge in [0.2, 0.25) is 0 Å². The molecule has 0 heterocycles. The summed E-state index contributed by atoms with van der Waals surface area (Å²) >= 11 is 0. The largest absolute Gasteiger partial charge is 0.329 e. The van der Waals surface area contributed by atoms with Crippen LogP contribution in [0.2, 0.25) is 0 Å². The molecule has 3 N–H and O–H groups in total. The molecule has 1 aliphatic rings. The van der Waals surface area contributed by atoms with E-state index in [1.165, 1.54) is 38.5 Å². The Hall–Kier alpha value is -0.340. The molecule has 2 unspecified atom stereocenters. The van der Waals surface area contributed by atoms with Crippen LogP contribution in [0.1, 0.15) is 58.8 Å². The highest BCUT2D eigenvalue weighted by atomic mass is 15.0. The van der Waals surface area contributed by atoms with Crippen LogP contribution in [-0.4, -0.2) is 18.6 Å². The van der Waals surface area contributed by atoms with Gasteiger partial charge in [-0.3, -0.25) is 0 Å². The minimum Gasteiger partial charge on any atom is -0.329 e. The van der Waals surface area contributed by atoms with E-state index in [4.69, 9.17) is 5.73 Å². The van der Waals surface area contributed by atoms with Gasteiger partial charge in [-0.1, -0.05) is 38.3 Å². The summed E-state index contributed by atoms with van der Waals surface area (Å²) in [6.45, 7) is 6.26. The Kier molecular flexibility index (Phi) is 6.83. The Bertz CT molecular complexity index is 225. The lowest BCUT2D eigenvalue weighted by molar-refractivity contribution is 0.290. The molecule has 2 atom stereocenters. The zero-order valence-corrected chi connectivity index (χ0v) is 11.7. The lowest BCUT2D eigenvalue weighted by Crippen LogP contribution is -2.51. The lowest BCUT2D eigenvalue weighted by Gasteiger charge is -2.33. The smallest absolute Gasteiger partial charge is 0.0304 e. The molecule has 0 amide bonds. The Morgan fingerprint density at radius 1 is 1.35 bits per heavy atom. The van der Waals surface area contributed by atoms with Gasteiger partial charge >= 0.3 is 0 Å². The van der Waals surface area contributed by atoms with Gasteiger partial charge < -0.3 is 11.1 Å². The van der Waals surface area contributed by atoms with Crippen LogP contribution in [0.4, 0.5) is 0 Å². The summed E-state index contributed by atoms with van der Waals surface area (Å²) < 4.78 is 0. The molecule has 17 heavy (non-hydrogen) atoms. The minimum atomic E-state index is 0.228. The van der Waals surface area contributed by atoms with Crippen molar-refractivity contribution in [1.82, 2.24) is 5.32 Å². The summed E-state index contributed by atoms with van der Waals surface area (Å²) in [5.74, 6) is 0.931. The SMILES string of the molecule is C/C=C/CCNC1(CN)CCCC(CC)CC1. The van der Waals surface area contributed by atoms with Crippen molar-refractivity contribution in [3.05, 3.63) is 12.2 Å². The fourth-order valence-corrected chi connectivity index (χ4v) is 2.93. The van der Waals surface area contributed by atoms with Crippen molar-refractivity contribution in [2.24, 2.45) is 11.7 Å². The van der Waals surface area contributed by atoms with E-state index in [1.807, 2.05) is 0 Å². The maximum absolute atomic E-state index is 6.03. The topological polar surface area (TPSA) is 38.0 Å². The molecule has 2 nitrogen and oxygen atoms in total. The Morgan fingerprint density at radius 3 is 2.82 bits per heavy atom. The molecule has 100 valence electrons. The summed E-state index contributed by atoms with van der Waals surface area (Å²) in [6.07, 6.45) is 13.4. The molecule has 0 bridgehead atoms. The zero-order valence-electron chi connectivity index (χ0n) is 11.7. The van der Waals surface area contributed by atoms with Crippen LogP contribution in [0.15, 0.2) is 12.2 Å². The van der Waals surface area contributed by atoms with Crippen molar-refractivity contribution in [2.45, 2.75) is 64.3 Å². The molecule has 0 saturated heterocycles. The van der Waals surface area contributed by atoms with Gasteiger partial charge in [-0.25, -0.2) is 0 Å². The van der Waals surface area contributed by atoms with Gasteiger partial charge in [0.15, 0.2) is 0 Å². The lowest BCUT2D eigenvalue weighted by atomic mass is 9.89. The van der Waals surface area contributed by atoms with Gasteiger partial charge in [-0.2, -0.15) is 0 Å². The van der Waals surface area contributed by atoms with E-state index in [1.54, 1.807) is 0 Å². The van der Waals surface area contributed by atoms with E-state index >= 15 is 0 Å². The molecule has 0 aromatic rings. The summed E-state index contributed by atoms with van der Waals surface area (Å²) in [6, 6.07) is 0. The van der Waals surface area contributed by atoms with Crippen LogP contribution in [0, 0.1) is 5.92 Å². The second kappa shape index (κ2) is 7.88. The second-order valence-electron chi connectivity index (χ2n) is 5.47. The number of nitrogens with one attached hydrogen (secondary N) is 1. The molecule has 1 aliphatic carbocycles. The summed E-state index contributed by atoms with van der Waals surface area (Å²) in [5.41, 5.74) is 6.26. The first-order chi connectivity index (χ1) is 8.26. The normalized spacial score (nSPS) is 30.6. The number of hydrogen-bond acceptors (Lipinski definition) is 2. The van der Waals surface area contributed by atoms with Crippen LogP contribution in [-0.2, 0) is 0 Å². The molecule has 0 radical (unpaired) electrons. The van der Waals surface area contributed by atoms with Gasteiger partial charge in [-0.05, 0) is 45.1 Å². The predicted octanol–water partition coefficient (Wildman–Crippen LogP) is 3.23. The first-order valence-electron chi connectivity index (χ1n) is 7.32. The van der Waals surface area contributed by atoms with Crippen molar-refractivity contribution in [2.75, 3.05) is 13.1 Å². The van der Waals surface area contributed by atoms with Gasteiger partial charge in [0, 0.05) is 12.1 Å². The van der Waals surface area contributed by atoms with E-state index in [0.717, 1.165) is 25.4 Å². The second-order valence-corrected chi connectivity index (χ2v) is 5.47. The van der Waals surface area contributed by atoms with Crippen LogP contribution in [0.5, 0.6) is 0 Å². The molecular formula is C15H30N2. The van der Waals surface area contributed by atoms with Gasteiger partial charge in [-0.15, -0.1) is 0 Å². The molecule has 1 rings (SSSR count). The number of hydrogen-bond donors (Lipinski definition) is 2. The first kappa shape index (κ1) is 14.7. The molecule has 0 aliphatic heterocycles. The van der Waals surface area contributed by atoms with Crippen molar-refractivity contribution >= 4 is 0 Å². The molecule has 2 heteroatoms. The highest BCUT2D eigenvalue weighted by Crippen LogP contribution is 2.31. The minimum absolute atomic E-state index is 0.228. The summed E-state index contributed by atoms with van der Waals surface area (Å²) in [5, 5.41) is 3.73. The van der Waals surface area contributed by atoms with Crippen molar-refractivity contribution < 1.29 is 0 Å². The fourth-order valence-electron chi connectivity index (χ4n) is 2.93. The number of nitrogens with two attached hydrogens (primary N) is 1. The van der Waals surface area contributed by atoms with Crippen LogP contribution >= 0.6 is 0 Å². The molecule has 0 aromatic heterocycles. The quantitative estimate of drug-likeness (QED) is 0.423. The van der Waals surface area contributed by atoms with E-state index in [2.05, 4.69) is 31.3 Å². The molecule has 1 fully saturated rings. The Balaban J connectivity index is 2.43. The van der Waals surface area contributed by atoms with Crippen molar-refractivity contribution in [1.29, 1.82) is 0 Å². The molecule has 1 saturated carbocycles. The molecule has 0 aromatic carbocycles. The van der Waals surface area contributed by atoms with Crippen LogP contribution in [0.25, 0.3) is 0 Å². The van der Waals surface area contributed by atoms with E-state index in [9.17, 15) is 0 Å². The molecule has 0 spiro atoms. The summed E-state index contributed by atoms with van der Waals surface area (Å²) in [4.78, 5) is 0. The summed E-state index contributed by atoms with van der Waals surface area (Å²) in [7, 11) is 0. The maximum Gasteiger partial charge on any atom is 0.0304 e. The molecular weight excluding hydrogens is 208 g/mol. The van der Waals surface area contributed by atoms with Crippen molar-refractivity contribution in [3.8, 4) is 0 Å². The maximum atomic E-state index is 6.03. The number of allylic oxidation sites excluding steroid dienone is 1. The number of rotatable bonds is 6. The first-order valence-corrected chi connectivity index (χ1v) is 7.32. The van der Waals surface area contributed by atoms with Gasteiger partial charge in [0.25, 0.3) is 0 Å². The Morgan fingerprint density at radius 2 is 2.18 bits per heavy atom. The monoisotopic (exact) mass is 238 g/mol. The average Bonchev–Trinajstić information content (AvgIpc) is 2.58. The van der Waals surface area contributed by atoms with Crippen LogP contribution < -0.4 is 11.1 Å². The van der Waals surface area contributed by atoms with E-state index in [0.29, 0.717) is 0 Å². The standard InChI is InChI=1S/C15H30N2/c1-3-5-6-12-17-15(13-16)10-7-8-14(4-2)9-11-15/h3,5,14,17H,4,6-13,16H2,1-2H3/b5-3+. The van der Waals surface area contributed by atoms with Crippen molar-refractivity contribution in [3.63, 3.8) is 0 Å². The van der Waals surface area contributed by atoms with Gasteiger partial charge in [0.1, 0.15) is 0 Å². The third-order valence-corrected chi connectivity index (χ3v) is 4.31. The third kappa shape index (κ3) is 4.81. The Labute approximate surface area is 107 Å². The highest BCUT2D eigenvalue weighted by molar-refractivity contribution is 4.92. The predicted molar refractivity (Wildman–Crippen MR) is 76.1 cm³/mol. The van der Waals surface area contributed by atoms with E-state index < -0.39 is 0 Å². The fraction of sp³-hybridized carbons (Fsp3) is 0.867. The third-order valence-electron chi connectivity index (χ3n) is 4.31. The van der Waals surface area contributed by atoms with Gasteiger partial charge in [0.05, 0.1) is 0 Å².